The Morgan fingerprint density at radius 3 is 2.89 bits per heavy atom. The average molecular weight is 319 g/mol. The van der Waals surface area contributed by atoms with Gasteiger partial charge in [-0.1, -0.05) is 0 Å². The molecule has 0 aliphatic carbocycles. The number of nitrogens with two attached hydrogens (primary N) is 1. The van der Waals surface area contributed by atoms with Crippen LogP contribution in [-0.4, -0.2) is 48.5 Å². The Morgan fingerprint density at radius 1 is 1.56 bits per heavy atom. The van der Waals surface area contributed by atoms with Crippen LogP contribution in [0.3, 0.4) is 0 Å². The van der Waals surface area contributed by atoms with E-state index in [2.05, 4.69) is 25.9 Å². The first kappa shape index (κ1) is 15.6. The van der Waals surface area contributed by atoms with E-state index in [4.69, 9.17) is 10.5 Å². The molecule has 0 saturated carbocycles. The Bertz CT molecular complexity index is 354. The minimum atomic E-state index is -0.0458. The van der Waals surface area contributed by atoms with Crippen LogP contribution in [0.2, 0.25) is 0 Å². The van der Waals surface area contributed by atoms with Gasteiger partial charge in [-0.2, -0.15) is 5.10 Å². The smallest absolute Gasteiger partial charge is 0.0694 e. The zero-order valence-electron chi connectivity index (χ0n) is 11.4. The van der Waals surface area contributed by atoms with Crippen molar-refractivity contribution in [2.75, 3.05) is 33.9 Å². The molecule has 0 aliphatic rings. The second-order valence-electron chi connectivity index (χ2n) is 4.50. The van der Waals surface area contributed by atoms with Crippen molar-refractivity contribution in [1.82, 2.24) is 14.7 Å². The zero-order chi connectivity index (χ0) is 13.5. The fraction of sp³-hybridized carbons (Fsp3) is 0.750. The molecule has 18 heavy (non-hydrogen) atoms. The van der Waals surface area contributed by atoms with E-state index in [1.54, 1.807) is 0 Å². The van der Waals surface area contributed by atoms with Crippen molar-refractivity contribution < 1.29 is 4.74 Å². The van der Waals surface area contributed by atoms with Crippen LogP contribution in [0, 0.1) is 0 Å². The van der Waals surface area contributed by atoms with Crippen molar-refractivity contribution in [3.05, 3.63) is 16.4 Å². The molecule has 0 radical (unpaired) electrons. The predicted octanol–water partition coefficient (Wildman–Crippen LogP) is 1.63. The Labute approximate surface area is 117 Å². The van der Waals surface area contributed by atoms with Crippen LogP contribution in [0.25, 0.3) is 0 Å². The number of rotatable bonds is 8. The summed E-state index contributed by atoms with van der Waals surface area (Å²) in [5.74, 6) is 0. The molecule has 0 fully saturated rings. The van der Waals surface area contributed by atoms with Crippen LogP contribution >= 0.6 is 15.9 Å². The van der Waals surface area contributed by atoms with Crippen molar-refractivity contribution in [3.8, 4) is 0 Å². The Hall–Kier alpha value is -0.430. The lowest BCUT2D eigenvalue weighted by Crippen LogP contribution is -2.23. The van der Waals surface area contributed by atoms with Crippen molar-refractivity contribution in [2.45, 2.75) is 25.9 Å². The van der Waals surface area contributed by atoms with Crippen molar-refractivity contribution in [2.24, 2.45) is 5.73 Å². The first-order valence-electron chi connectivity index (χ1n) is 6.25. The molecule has 1 aromatic heterocycles. The molecular formula is C12H23BrN4O. The average Bonchev–Trinajstić information content (AvgIpc) is 2.68. The van der Waals surface area contributed by atoms with Crippen molar-refractivity contribution in [1.29, 1.82) is 0 Å². The predicted molar refractivity (Wildman–Crippen MR) is 76.5 cm³/mol. The zero-order valence-corrected chi connectivity index (χ0v) is 13.0. The number of halogens is 1. The van der Waals surface area contributed by atoms with Gasteiger partial charge in [0.2, 0.25) is 0 Å². The van der Waals surface area contributed by atoms with Crippen LogP contribution in [0.1, 0.15) is 25.1 Å². The second kappa shape index (κ2) is 7.89. The van der Waals surface area contributed by atoms with Gasteiger partial charge in [-0.25, -0.2) is 0 Å². The van der Waals surface area contributed by atoms with Gasteiger partial charge >= 0.3 is 0 Å². The lowest BCUT2D eigenvalue weighted by molar-refractivity contribution is 0.139. The topological polar surface area (TPSA) is 56.3 Å². The first-order valence-corrected chi connectivity index (χ1v) is 7.04. The highest BCUT2D eigenvalue weighted by atomic mass is 79.9. The summed E-state index contributed by atoms with van der Waals surface area (Å²) in [5.41, 5.74) is 7.26. The van der Waals surface area contributed by atoms with Gasteiger partial charge in [0.05, 0.1) is 29.0 Å². The van der Waals surface area contributed by atoms with Crippen molar-refractivity contribution >= 4 is 15.9 Å². The molecule has 5 nitrogen and oxygen atoms in total. The third-order valence-electron chi connectivity index (χ3n) is 2.72. The van der Waals surface area contributed by atoms with E-state index in [0.717, 1.165) is 36.3 Å². The van der Waals surface area contributed by atoms with Crippen LogP contribution in [0.4, 0.5) is 0 Å². The maximum atomic E-state index is 6.20. The highest BCUT2D eigenvalue weighted by molar-refractivity contribution is 9.10. The van der Waals surface area contributed by atoms with Gasteiger partial charge in [0, 0.05) is 19.8 Å². The van der Waals surface area contributed by atoms with E-state index < -0.39 is 0 Å². The molecule has 0 saturated heterocycles. The third-order valence-corrected chi connectivity index (χ3v) is 3.33. The van der Waals surface area contributed by atoms with Crippen LogP contribution < -0.4 is 5.73 Å². The quantitative estimate of drug-likeness (QED) is 0.740. The lowest BCUT2D eigenvalue weighted by Gasteiger charge is -2.16. The number of likely N-dealkylation sites (N-methyl/N-ethyl adjacent to an activating group) is 1. The van der Waals surface area contributed by atoms with E-state index in [9.17, 15) is 0 Å². The SMILES string of the molecule is CCOCCC(N)c1c(Br)cnn1CCN(C)C. The lowest BCUT2D eigenvalue weighted by atomic mass is 10.1. The molecule has 0 aliphatic heterocycles. The summed E-state index contributed by atoms with van der Waals surface area (Å²) in [6, 6.07) is -0.0458. The molecular weight excluding hydrogens is 296 g/mol. The van der Waals surface area contributed by atoms with Gasteiger partial charge < -0.3 is 15.4 Å². The number of aromatic nitrogens is 2. The molecule has 1 aromatic rings. The molecule has 6 heteroatoms. The molecule has 0 spiro atoms. The normalized spacial score (nSPS) is 13.2. The highest BCUT2D eigenvalue weighted by Gasteiger charge is 2.16. The van der Waals surface area contributed by atoms with E-state index in [1.165, 1.54) is 0 Å². The summed E-state index contributed by atoms with van der Waals surface area (Å²) in [5, 5.41) is 4.36. The fourth-order valence-corrected chi connectivity index (χ4v) is 2.30. The Balaban J connectivity index is 2.64. The Kier molecular flexibility index (Phi) is 6.85. The third kappa shape index (κ3) is 4.68. The summed E-state index contributed by atoms with van der Waals surface area (Å²) in [4.78, 5) is 2.13. The van der Waals surface area contributed by atoms with E-state index in [1.807, 2.05) is 31.9 Å². The van der Waals surface area contributed by atoms with Gasteiger partial charge in [-0.15, -0.1) is 0 Å². The summed E-state index contributed by atoms with van der Waals surface area (Å²) < 4.78 is 8.30. The van der Waals surface area contributed by atoms with Gasteiger partial charge in [-0.3, -0.25) is 4.68 Å². The minimum Gasteiger partial charge on any atom is -0.382 e. The summed E-state index contributed by atoms with van der Waals surface area (Å²) in [6.45, 7) is 5.19. The molecule has 1 unspecified atom stereocenters. The summed E-state index contributed by atoms with van der Waals surface area (Å²) in [6.07, 6.45) is 2.62. The van der Waals surface area contributed by atoms with E-state index >= 15 is 0 Å². The van der Waals surface area contributed by atoms with Gasteiger partial charge in [0.25, 0.3) is 0 Å². The number of ether oxygens (including phenoxy) is 1. The van der Waals surface area contributed by atoms with Gasteiger partial charge in [-0.05, 0) is 43.4 Å². The van der Waals surface area contributed by atoms with E-state index in [-0.39, 0.29) is 6.04 Å². The first-order chi connectivity index (χ1) is 8.56. The largest absolute Gasteiger partial charge is 0.382 e. The summed E-state index contributed by atoms with van der Waals surface area (Å²) in [7, 11) is 4.10. The number of nitrogens with zero attached hydrogens (tertiary/aromatic N) is 3. The van der Waals surface area contributed by atoms with Crippen molar-refractivity contribution in [3.63, 3.8) is 0 Å². The standard InChI is InChI=1S/C12H23BrN4O/c1-4-18-8-5-11(14)12-10(13)9-15-17(12)7-6-16(2)3/h9,11H,4-8,14H2,1-3H3. The highest BCUT2D eigenvalue weighted by Crippen LogP contribution is 2.23. The maximum Gasteiger partial charge on any atom is 0.0694 e. The fourth-order valence-electron chi connectivity index (χ4n) is 1.70. The molecule has 1 rings (SSSR count). The van der Waals surface area contributed by atoms with Crippen LogP contribution in [0.15, 0.2) is 10.7 Å². The molecule has 0 amide bonds. The molecule has 2 N–H and O–H groups in total. The maximum absolute atomic E-state index is 6.20. The van der Waals surface area contributed by atoms with Crippen LogP contribution in [-0.2, 0) is 11.3 Å². The van der Waals surface area contributed by atoms with Gasteiger partial charge in [0.1, 0.15) is 0 Å². The van der Waals surface area contributed by atoms with Gasteiger partial charge in [0.15, 0.2) is 0 Å². The minimum absolute atomic E-state index is 0.0458. The number of hydrogen-bond acceptors (Lipinski definition) is 4. The molecule has 104 valence electrons. The second-order valence-corrected chi connectivity index (χ2v) is 5.35. The van der Waals surface area contributed by atoms with Crippen LogP contribution in [0.5, 0.6) is 0 Å². The number of hydrogen-bond donors (Lipinski definition) is 1. The Morgan fingerprint density at radius 2 is 2.28 bits per heavy atom. The monoisotopic (exact) mass is 318 g/mol. The molecule has 0 bridgehead atoms. The summed E-state index contributed by atoms with van der Waals surface area (Å²) >= 11 is 3.52. The van der Waals surface area contributed by atoms with E-state index in [0.29, 0.717) is 6.61 Å². The molecule has 0 aromatic carbocycles. The molecule has 1 heterocycles. The molecule has 1 atom stereocenters.